The van der Waals surface area contributed by atoms with Crippen molar-refractivity contribution >= 4 is 22.9 Å². The predicted octanol–water partition coefficient (Wildman–Crippen LogP) is 2.85. The number of amides is 1. The molecule has 4 heteroatoms. The van der Waals surface area contributed by atoms with Gasteiger partial charge in [-0.2, -0.15) is 11.3 Å². The molecule has 1 unspecified atom stereocenters. The molecular formula is C12H20N2OS. The van der Waals surface area contributed by atoms with E-state index in [9.17, 15) is 4.79 Å². The molecule has 1 amide bonds. The molecule has 1 rings (SSSR count). The molecule has 16 heavy (non-hydrogen) atoms. The van der Waals surface area contributed by atoms with Crippen molar-refractivity contribution in [2.45, 2.75) is 45.7 Å². The van der Waals surface area contributed by atoms with Crippen LogP contribution in [0.1, 0.15) is 33.6 Å². The molecule has 3 nitrogen and oxygen atoms in total. The van der Waals surface area contributed by atoms with Crippen LogP contribution >= 0.6 is 11.3 Å². The fraction of sp³-hybridized carbons (Fsp3) is 0.583. The molecule has 1 aromatic rings. The summed E-state index contributed by atoms with van der Waals surface area (Å²) >= 11 is 1.62. The number of nitrogens with one attached hydrogen (secondary N) is 2. The van der Waals surface area contributed by atoms with Crippen molar-refractivity contribution in [3.63, 3.8) is 0 Å². The lowest BCUT2D eigenvalue weighted by molar-refractivity contribution is -0.122. The number of carbonyl (C=O) groups excluding carboxylic acids is 1. The van der Waals surface area contributed by atoms with Crippen LogP contribution in [0, 0.1) is 0 Å². The van der Waals surface area contributed by atoms with Gasteiger partial charge < -0.3 is 10.6 Å². The summed E-state index contributed by atoms with van der Waals surface area (Å²) in [7, 11) is 0. The SMILES string of the molecule is CCC(CC)NC(=O)C(C)Nc1ccsc1. The molecule has 90 valence electrons. The molecule has 0 bridgehead atoms. The minimum absolute atomic E-state index is 0.0694. The van der Waals surface area contributed by atoms with Crippen molar-refractivity contribution in [1.29, 1.82) is 0 Å². The van der Waals surface area contributed by atoms with E-state index in [4.69, 9.17) is 0 Å². The number of anilines is 1. The number of hydrogen-bond donors (Lipinski definition) is 2. The van der Waals surface area contributed by atoms with E-state index in [2.05, 4.69) is 24.5 Å². The average molecular weight is 240 g/mol. The molecule has 2 N–H and O–H groups in total. The first-order chi connectivity index (χ1) is 7.67. The van der Waals surface area contributed by atoms with Gasteiger partial charge in [0.1, 0.15) is 6.04 Å². The van der Waals surface area contributed by atoms with E-state index >= 15 is 0 Å². The molecular weight excluding hydrogens is 220 g/mol. The predicted molar refractivity (Wildman–Crippen MR) is 69.9 cm³/mol. The van der Waals surface area contributed by atoms with Gasteiger partial charge in [0.25, 0.3) is 0 Å². The van der Waals surface area contributed by atoms with Crippen LogP contribution in [0.25, 0.3) is 0 Å². The number of hydrogen-bond acceptors (Lipinski definition) is 3. The molecule has 0 fully saturated rings. The topological polar surface area (TPSA) is 41.1 Å². The summed E-state index contributed by atoms with van der Waals surface area (Å²) in [6, 6.07) is 2.08. The number of carbonyl (C=O) groups is 1. The lowest BCUT2D eigenvalue weighted by Gasteiger charge is -2.19. The molecule has 0 spiro atoms. The monoisotopic (exact) mass is 240 g/mol. The van der Waals surface area contributed by atoms with Crippen molar-refractivity contribution in [2.24, 2.45) is 0 Å². The van der Waals surface area contributed by atoms with Crippen LogP contribution in [0.15, 0.2) is 16.8 Å². The van der Waals surface area contributed by atoms with E-state index in [-0.39, 0.29) is 11.9 Å². The smallest absolute Gasteiger partial charge is 0.242 e. The summed E-state index contributed by atoms with van der Waals surface area (Å²) in [5, 5.41) is 10.2. The molecule has 0 aliphatic heterocycles. The van der Waals surface area contributed by atoms with E-state index < -0.39 is 0 Å². The van der Waals surface area contributed by atoms with Gasteiger partial charge in [0, 0.05) is 17.1 Å². The first-order valence-electron chi connectivity index (χ1n) is 5.76. The molecule has 0 aromatic carbocycles. The maximum Gasteiger partial charge on any atom is 0.242 e. The van der Waals surface area contributed by atoms with Crippen LogP contribution < -0.4 is 10.6 Å². The second kappa shape index (κ2) is 6.53. The minimum Gasteiger partial charge on any atom is -0.373 e. The summed E-state index contributed by atoms with van der Waals surface area (Å²) in [5.41, 5.74) is 1.01. The Morgan fingerprint density at radius 2 is 2.12 bits per heavy atom. The van der Waals surface area contributed by atoms with E-state index in [0.29, 0.717) is 6.04 Å². The molecule has 1 aromatic heterocycles. The van der Waals surface area contributed by atoms with Gasteiger partial charge in [-0.05, 0) is 31.2 Å². The fourth-order valence-corrected chi connectivity index (χ4v) is 2.08. The second-order valence-electron chi connectivity index (χ2n) is 3.90. The van der Waals surface area contributed by atoms with Crippen molar-refractivity contribution in [1.82, 2.24) is 5.32 Å². The number of thiophene rings is 1. The highest BCUT2D eigenvalue weighted by molar-refractivity contribution is 7.08. The standard InChI is InChI=1S/C12H20N2OS/c1-4-10(5-2)14-12(15)9(3)13-11-6-7-16-8-11/h6-10,13H,4-5H2,1-3H3,(H,14,15). The summed E-state index contributed by atoms with van der Waals surface area (Å²) < 4.78 is 0. The second-order valence-corrected chi connectivity index (χ2v) is 4.68. The molecule has 0 radical (unpaired) electrons. The van der Waals surface area contributed by atoms with Gasteiger partial charge in [-0.15, -0.1) is 0 Å². The van der Waals surface area contributed by atoms with Crippen LogP contribution in [0.5, 0.6) is 0 Å². The van der Waals surface area contributed by atoms with Crippen LogP contribution in [-0.4, -0.2) is 18.0 Å². The molecule has 0 saturated heterocycles. The molecule has 0 aliphatic carbocycles. The summed E-state index contributed by atoms with van der Waals surface area (Å²) in [6.45, 7) is 6.06. The van der Waals surface area contributed by atoms with Gasteiger partial charge in [-0.25, -0.2) is 0 Å². The highest BCUT2D eigenvalue weighted by Crippen LogP contribution is 2.13. The van der Waals surface area contributed by atoms with Gasteiger partial charge in [0.2, 0.25) is 5.91 Å². The maximum atomic E-state index is 11.8. The third-order valence-electron chi connectivity index (χ3n) is 2.63. The molecule has 0 saturated carbocycles. The normalized spacial score (nSPS) is 12.5. The zero-order valence-corrected chi connectivity index (χ0v) is 10.9. The lowest BCUT2D eigenvalue weighted by Crippen LogP contribution is -2.42. The lowest BCUT2D eigenvalue weighted by atomic mass is 10.1. The Morgan fingerprint density at radius 1 is 1.44 bits per heavy atom. The number of rotatable bonds is 6. The Bertz CT molecular complexity index is 307. The van der Waals surface area contributed by atoms with Crippen LogP contribution in [0.3, 0.4) is 0 Å². The van der Waals surface area contributed by atoms with Gasteiger partial charge in [0.05, 0.1) is 0 Å². The maximum absolute atomic E-state index is 11.8. The summed E-state index contributed by atoms with van der Waals surface area (Å²) in [4.78, 5) is 11.8. The van der Waals surface area contributed by atoms with Crippen LogP contribution in [0.4, 0.5) is 5.69 Å². The summed E-state index contributed by atoms with van der Waals surface area (Å²) in [6.07, 6.45) is 1.96. The van der Waals surface area contributed by atoms with E-state index in [1.165, 1.54) is 0 Å². The largest absolute Gasteiger partial charge is 0.373 e. The zero-order valence-electron chi connectivity index (χ0n) is 10.1. The minimum atomic E-state index is -0.185. The van der Waals surface area contributed by atoms with E-state index in [1.807, 2.05) is 23.8 Å². The van der Waals surface area contributed by atoms with Crippen molar-refractivity contribution in [3.8, 4) is 0 Å². The van der Waals surface area contributed by atoms with Crippen molar-refractivity contribution < 1.29 is 4.79 Å². The Balaban J connectivity index is 2.41. The van der Waals surface area contributed by atoms with Crippen molar-refractivity contribution in [3.05, 3.63) is 16.8 Å². The quantitative estimate of drug-likeness (QED) is 0.802. The Labute approximate surface area is 101 Å². The van der Waals surface area contributed by atoms with Gasteiger partial charge in [0.15, 0.2) is 0 Å². The van der Waals surface area contributed by atoms with Crippen LogP contribution in [0.2, 0.25) is 0 Å². The third kappa shape index (κ3) is 3.85. The Hall–Kier alpha value is -1.03. The Kier molecular flexibility index (Phi) is 5.32. The molecule has 1 heterocycles. The fourth-order valence-electron chi connectivity index (χ4n) is 1.48. The van der Waals surface area contributed by atoms with E-state index in [1.54, 1.807) is 11.3 Å². The van der Waals surface area contributed by atoms with Gasteiger partial charge in [-0.3, -0.25) is 4.79 Å². The van der Waals surface area contributed by atoms with E-state index in [0.717, 1.165) is 18.5 Å². The molecule has 1 atom stereocenters. The van der Waals surface area contributed by atoms with Crippen LogP contribution in [-0.2, 0) is 4.79 Å². The van der Waals surface area contributed by atoms with Crippen molar-refractivity contribution in [2.75, 3.05) is 5.32 Å². The molecule has 0 aliphatic rings. The third-order valence-corrected chi connectivity index (χ3v) is 3.31. The average Bonchev–Trinajstić information content (AvgIpc) is 2.78. The highest BCUT2D eigenvalue weighted by atomic mass is 32.1. The Morgan fingerprint density at radius 3 is 2.62 bits per heavy atom. The first-order valence-corrected chi connectivity index (χ1v) is 6.70. The van der Waals surface area contributed by atoms with Gasteiger partial charge >= 0.3 is 0 Å². The summed E-state index contributed by atoms with van der Waals surface area (Å²) in [5.74, 6) is 0.0694. The highest BCUT2D eigenvalue weighted by Gasteiger charge is 2.15. The van der Waals surface area contributed by atoms with Gasteiger partial charge in [-0.1, -0.05) is 13.8 Å². The first kappa shape index (κ1) is 13.0. The zero-order chi connectivity index (χ0) is 12.0.